The second kappa shape index (κ2) is 5.67. The van der Waals surface area contributed by atoms with E-state index in [0.29, 0.717) is 10.5 Å². The van der Waals surface area contributed by atoms with Crippen LogP contribution in [0.4, 0.5) is 4.79 Å². The van der Waals surface area contributed by atoms with Gasteiger partial charge in [0.2, 0.25) is 0 Å². The fraction of sp³-hybridized carbons (Fsp3) is 0.333. The molecular formula is C3H9NO3Si2. The van der Waals surface area contributed by atoms with Crippen molar-refractivity contribution in [3.63, 3.8) is 0 Å². The summed E-state index contributed by atoms with van der Waals surface area (Å²) in [6.07, 6.45) is 0.851. The molecule has 6 heteroatoms. The molecule has 0 aromatic carbocycles. The average Bonchev–Trinajstić information content (AvgIpc) is 1.85. The van der Waals surface area contributed by atoms with Gasteiger partial charge in [0.1, 0.15) is 10.5 Å². The van der Waals surface area contributed by atoms with Gasteiger partial charge in [-0.15, -0.1) is 0 Å². The maximum atomic E-state index is 10.4. The predicted molar refractivity (Wildman–Crippen MR) is 40.2 cm³/mol. The quantitative estimate of drug-likeness (QED) is 0.368. The molecule has 0 rings (SSSR count). The predicted octanol–water partition coefficient (Wildman–Crippen LogP) is -1.49. The van der Waals surface area contributed by atoms with Crippen LogP contribution in [0.15, 0.2) is 4.99 Å². The minimum atomic E-state index is -1.05. The summed E-state index contributed by atoms with van der Waals surface area (Å²) in [5.41, 5.74) is 0. The molecule has 0 bridgehead atoms. The second-order valence-corrected chi connectivity index (χ2v) is 4.04. The fourth-order valence-electron chi connectivity index (χ4n) is 0.252. The Bertz CT molecular complexity index is 116. The summed E-state index contributed by atoms with van der Waals surface area (Å²) in [5.74, 6) is 0. The van der Waals surface area contributed by atoms with Crippen LogP contribution in [-0.2, 0) is 8.54 Å². The van der Waals surface area contributed by atoms with Gasteiger partial charge in [-0.2, -0.15) is 4.99 Å². The third-order valence-corrected chi connectivity index (χ3v) is 1.84. The van der Waals surface area contributed by atoms with Gasteiger partial charge in [-0.1, -0.05) is 0 Å². The molecule has 0 saturated carbocycles. The molecule has 0 spiro atoms. The van der Waals surface area contributed by atoms with Gasteiger partial charge in [0.15, 0.2) is 0 Å². The SMILES string of the molecule is CC=NC(=O)O[SiH2]O[SiH3]. The normalized spacial score (nSPS) is 11.7. The fourth-order valence-corrected chi connectivity index (χ4v) is 0.899. The first-order valence-corrected chi connectivity index (χ1v) is 4.42. The zero-order valence-electron chi connectivity index (χ0n) is 5.46. The van der Waals surface area contributed by atoms with Gasteiger partial charge in [-0.25, -0.2) is 4.79 Å². The molecule has 0 aliphatic carbocycles. The van der Waals surface area contributed by atoms with Crippen molar-refractivity contribution in [3.8, 4) is 0 Å². The molecular weight excluding hydrogens is 154 g/mol. The lowest BCUT2D eigenvalue weighted by molar-refractivity contribution is 0.208. The molecule has 9 heavy (non-hydrogen) atoms. The zero-order chi connectivity index (χ0) is 7.11. The monoisotopic (exact) mass is 163 g/mol. The van der Waals surface area contributed by atoms with Crippen LogP contribution in [0, 0.1) is 0 Å². The first kappa shape index (κ1) is 8.53. The highest BCUT2D eigenvalue weighted by atomic mass is 28.3. The Morgan fingerprint density at radius 1 is 1.89 bits per heavy atom. The Balaban J connectivity index is 3.27. The second-order valence-electron chi connectivity index (χ2n) is 1.20. The summed E-state index contributed by atoms with van der Waals surface area (Å²) in [6.45, 7) is 1.66. The standard InChI is InChI=1S/C3H9NO3Si2/c1-2-4-3(5)6-9-7-8/h2H,9H2,1,8H3. The van der Waals surface area contributed by atoms with Crippen molar-refractivity contribution < 1.29 is 13.3 Å². The van der Waals surface area contributed by atoms with Crippen molar-refractivity contribution in [2.45, 2.75) is 6.92 Å². The minimum absolute atomic E-state index is 0.542. The Morgan fingerprint density at radius 2 is 2.56 bits per heavy atom. The summed E-state index contributed by atoms with van der Waals surface area (Å²) < 4.78 is 9.27. The molecule has 1 amide bonds. The molecule has 0 aromatic heterocycles. The van der Waals surface area contributed by atoms with E-state index >= 15 is 0 Å². The lowest BCUT2D eigenvalue weighted by Gasteiger charge is -1.95. The van der Waals surface area contributed by atoms with Crippen LogP contribution < -0.4 is 0 Å². The highest BCUT2D eigenvalue weighted by molar-refractivity contribution is 6.30. The number of hydrogen-bond donors (Lipinski definition) is 0. The van der Waals surface area contributed by atoms with Crippen molar-refractivity contribution in [2.75, 3.05) is 0 Å². The first-order chi connectivity index (χ1) is 4.31. The maximum absolute atomic E-state index is 10.4. The largest absolute Gasteiger partial charge is 0.483 e. The van der Waals surface area contributed by atoms with Gasteiger partial charge >= 0.3 is 16.1 Å². The maximum Gasteiger partial charge on any atom is 0.420 e. The molecule has 0 unspecified atom stereocenters. The van der Waals surface area contributed by atoms with Crippen molar-refractivity contribution in [3.05, 3.63) is 0 Å². The summed E-state index contributed by atoms with van der Waals surface area (Å²) in [4.78, 5) is 13.7. The number of nitrogens with zero attached hydrogens (tertiary/aromatic N) is 1. The Morgan fingerprint density at radius 3 is 3.00 bits per heavy atom. The van der Waals surface area contributed by atoms with E-state index in [4.69, 9.17) is 4.12 Å². The molecule has 0 atom stereocenters. The molecule has 0 aromatic rings. The minimum Gasteiger partial charge on any atom is -0.483 e. The summed E-state index contributed by atoms with van der Waals surface area (Å²) in [7, 11) is -0.416. The van der Waals surface area contributed by atoms with Crippen molar-refractivity contribution in [1.29, 1.82) is 0 Å². The van der Waals surface area contributed by atoms with Gasteiger partial charge in [0, 0.05) is 6.21 Å². The molecule has 0 N–H and O–H groups in total. The van der Waals surface area contributed by atoms with Crippen LogP contribution in [0.2, 0.25) is 0 Å². The van der Waals surface area contributed by atoms with Crippen LogP contribution in [0.25, 0.3) is 0 Å². The zero-order valence-corrected chi connectivity index (χ0v) is 8.87. The van der Waals surface area contributed by atoms with Crippen molar-refractivity contribution in [2.24, 2.45) is 4.99 Å². The van der Waals surface area contributed by atoms with Gasteiger partial charge < -0.3 is 8.54 Å². The number of rotatable bonds is 2. The lowest BCUT2D eigenvalue weighted by Crippen LogP contribution is -2.06. The molecule has 0 fully saturated rings. The molecule has 4 nitrogen and oxygen atoms in total. The van der Waals surface area contributed by atoms with Crippen LogP contribution >= 0.6 is 0 Å². The van der Waals surface area contributed by atoms with E-state index < -0.39 is 16.1 Å². The van der Waals surface area contributed by atoms with E-state index in [1.807, 2.05) is 0 Å². The smallest absolute Gasteiger partial charge is 0.420 e. The Kier molecular flexibility index (Phi) is 5.37. The number of carbonyl (C=O) groups excluding carboxylic acids is 1. The van der Waals surface area contributed by atoms with E-state index in [2.05, 4.69) is 9.42 Å². The summed E-state index contributed by atoms with van der Waals surface area (Å²) >= 11 is 0. The third-order valence-electron chi connectivity index (χ3n) is 0.535. The topological polar surface area (TPSA) is 47.9 Å². The van der Waals surface area contributed by atoms with Gasteiger partial charge in [0.05, 0.1) is 0 Å². The summed E-state index contributed by atoms with van der Waals surface area (Å²) in [6, 6.07) is 0. The van der Waals surface area contributed by atoms with Gasteiger partial charge in [0.25, 0.3) is 0 Å². The lowest BCUT2D eigenvalue weighted by atomic mass is 10.9. The molecule has 0 saturated heterocycles. The third kappa shape index (κ3) is 5.40. The van der Waals surface area contributed by atoms with Crippen LogP contribution in [-0.4, -0.2) is 32.8 Å². The highest BCUT2D eigenvalue weighted by Crippen LogP contribution is 1.78. The van der Waals surface area contributed by atoms with Crippen LogP contribution in [0.3, 0.4) is 0 Å². The van der Waals surface area contributed by atoms with Gasteiger partial charge in [-0.3, -0.25) is 0 Å². The number of hydrogen-bond acceptors (Lipinski definition) is 3. The van der Waals surface area contributed by atoms with E-state index in [1.165, 1.54) is 6.21 Å². The van der Waals surface area contributed by atoms with E-state index in [-0.39, 0.29) is 0 Å². The van der Waals surface area contributed by atoms with E-state index in [1.54, 1.807) is 6.92 Å². The molecule has 52 valence electrons. The van der Waals surface area contributed by atoms with E-state index in [9.17, 15) is 4.79 Å². The van der Waals surface area contributed by atoms with Crippen LogP contribution in [0.1, 0.15) is 6.92 Å². The van der Waals surface area contributed by atoms with Crippen LogP contribution in [0.5, 0.6) is 0 Å². The van der Waals surface area contributed by atoms with Gasteiger partial charge in [-0.05, 0) is 6.92 Å². The Labute approximate surface area is 58.9 Å². The number of carbonyl (C=O) groups is 1. The number of amides is 1. The van der Waals surface area contributed by atoms with E-state index in [0.717, 1.165) is 0 Å². The highest BCUT2D eigenvalue weighted by Gasteiger charge is 1.93. The Hall–Kier alpha value is -0.466. The molecule has 0 radical (unpaired) electrons. The molecule has 0 aliphatic heterocycles. The molecule has 0 aliphatic rings. The van der Waals surface area contributed by atoms with Crippen molar-refractivity contribution >= 4 is 32.8 Å². The van der Waals surface area contributed by atoms with Crippen molar-refractivity contribution in [1.82, 2.24) is 0 Å². The molecule has 0 heterocycles. The number of aliphatic imine (C=N–C) groups is 1. The first-order valence-electron chi connectivity index (χ1n) is 2.45. The average molecular weight is 163 g/mol. The summed E-state index contributed by atoms with van der Waals surface area (Å²) in [5, 5.41) is 0.